The third-order valence-corrected chi connectivity index (χ3v) is 5.80. The van der Waals surface area contributed by atoms with E-state index in [1.807, 2.05) is 48.7 Å². The molecule has 3 aromatic heterocycles. The molecule has 8 heteroatoms. The lowest BCUT2D eigenvalue weighted by molar-refractivity contribution is -0.127. The van der Waals surface area contributed by atoms with E-state index in [-0.39, 0.29) is 18.0 Å². The van der Waals surface area contributed by atoms with Crippen molar-refractivity contribution in [2.75, 3.05) is 25.5 Å². The zero-order chi connectivity index (χ0) is 22.1. The molecule has 1 unspecified atom stereocenters. The number of nitrogens with zero attached hydrogens (tertiary/aromatic N) is 5. The Kier molecular flexibility index (Phi) is 5.80. The number of pyridine rings is 2. The van der Waals surface area contributed by atoms with Crippen molar-refractivity contribution in [3.8, 4) is 17.1 Å². The fourth-order valence-corrected chi connectivity index (χ4v) is 4.10. The Morgan fingerprint density at radius 2 is 2.16 bits per heavy atom. The summed E-state index contributed by atoms with van der Waals surface area (Å²) in [7, 11) is 1.88. The van der Waals surface area contributed by atoms with Crippen molar-refractivity contribution in [3.63, 3.8) is 0 Å². The summed E-state index contributed by atoms with van der Waals surface area (Å²) in [5.41, 5.74) is 5.30. The number of fused-ring (bicyclic) bond motifs is 1. The summed E-state index contributed by atoms with van der Waals surface area (Å²) in [6.07, 6.45) is 3.19. The van der Waals surface area contributed by atoms with E-state index in [1.54, 1.807) is 6.20 Å². The molecule has 1 aliphatic rings. The second kappa shape index (κ2) is 8.53. The number of likely N-dealkylation sites (N-methyl/N-ethyl adjacent to an activating group) is 1. The van der Waals surface area contributed by atoms with Crippen LogP contribution in [0.2, 0.25) is 0 Å². The molecule has 3 aromatic rings. The first-order valence-corrected chi connectivity index (χ1v) is 10.9. The molecule has 1 aliphatic heterocycles. The van der Waals surface area contributed by atoms with E-state index in [1.165, 1.54) is 0 Å². The summed E-state index contributed by atoms with van der Waals surface area (Å²) in [4.78, 5) is 23.1. The number of nitrogens with one attached hydrogen (secondary N) is 1. The normalized spacial score (nSPS) is 16.5. The highest BCUT2D eigenvalue weighted by Gasteiger charge is 2.28. The molecule has 164 valence electrons. The minimum absolute atomic E-state index is 0.174. The van der Waals surface area contributed by atoms with E-state index < -0.39 is 0 Å². The third-order valence-electron chi connectivity index (χ3n) is 5.80. The standard InChI is InChI=1S/C23H30N6O2/c1-6-31-23-17(8-7-11-24-23)18-12-19(25-13-16-9-10-20(30)28(16)5)22-21(26-18)15(4)27-29(22)14(2)3/h7-8,11-12,14,16H,6,9-10,13H2,1-5H3,(H,25,26). The predicted octanol–water partition coefficient (Wildman–Crippen LogP) is 3.81. The van der Waals surface area contributed by atoms with Gasteiger partial charge in [-0.25, -0.2) is 9.97 Å². The van der Waals surface area contributed by atoms with Crippen LogP contribution in [-0.4, -0.2) is 56.8 Å². The summed E-state index contributed by atoms with van der Waals surface area (Å²) in [6.45, 7) is 9.36. The van der Waals surface area contributed by atoms with E-state index in [0.717, 1.165) is 40.1 Å². The largest absolute Gasteiger partial charge is 0.477 e. The number of anilines is 1. The number of carbonyl (C=O) groups is 1. The minimum Gasteiger partial charge on any atom is -0.477 e. The minimum atomic E-state index is 0.174. The Hall–Kier alpha value is -3.16. The van der Waals surface area contributed by atoms with E-state index >= 15 is 0 Å². The second-order valence-corrected chi connectivity index (χ2v) is 8.24. The van der Waals surface area contributed by atoms with Gasteiger partial charge in [0.05, 0.1) is 29.2 Å². The quantitative estimate of drug-likeness (QED) is 0.623. The number of hydrogen-bond donors (Lipinski definition) is 1. The summed E-state index contributed by atoms with van der Waals surface area (Å²) < 4.78 is 7.76. The number of likely N-dealkylation sites (tertiary alicyclic amines) is 1. The first-order chi connectivity index (χ1) is 14.9. The van der Waals surface area contributed by atoms with Crippen LogP contribution in [0.4, 0.5) is 5.69 Å². The van der Waals surface area contributed by atoms with Gasteiger partial charge in [-0.15, -0.1) is 0 Å². The van der Waals surface area contributed by atoms with Gasteiger partial charge in [-0.2, -0.15) is 5.10 Å². The number of carbonyl (C=O) groups excluding carboxylic acids is 1. The van der Waals surface area contributed by atoms with Crippen molar-refractivity contribution in [2.45, 2.75) is 52.6 Å². The molecule has 1 fully saturated rings. The van der Waals surface area contributed by atoms with Gasteiger partial charge in [0, 0.05) is 38.3 Å². The molecule has 4 heterocycles. The molecule has 0 aliphatic carbocycles. The molecule has 0 bridgehead atoms. The molecule has 0 aromatic carbocycles. The van der Waals surface area contributed by atoms with Crippen LogP contribution in [0.3, 0.4) is 0 Å². The molecule has 0 spiro atoms. The van der Waals surface area contributed by atoms with Crippen LogP contribution >= 0.6 is 0 Å². The summed E-state index contributed by atoms with van der Waals surface area (Å²) >= 11 is 0. The van der Waals surface area contributed by atoms with E-state index in [2.05, 4.69) is 24.1 Å². The maximum Gasteiger partial charge on any atom is 0.222 e. The van der Waals surface area contributed by atoms with Gasteiger partial charge >= 0.3 is 0 Å². The lowest BCUT2D eigenvalue weighted by Gasteiger charge is -2.22. The summed E-state index contributed by atoms with van der Waals surface area (Å²) in [5, 5.41) is 8.35. The molecular weight excluding hydrogens is 392 g/mol. The molecule has 1 atom stereocenters. The molecule has 0 saturated carbocycles. The van der Waals surface area contributed by atoms with Gasteiger partial charge < -0.3 is 15.0 Å². The number of rotatable bonds is 7. The van der Waals surface area contributed by atoms with Crippen molar-refractivity contribution < 1.29 is 9.53 Å². The van der Waals surface area contributed by atoms with Crippen LogP contribution in [-0.2, 0) is 4.79 Å². The number of amides is 1. The van der Waals surface area contributed by atoms with Crippen molar-refractivity contribution in [2.24, 2.45) is 0 Å². The molecule has 1 saturated heterocycles. The van der Waals surface area contributed by atoms with Crippen LogP contribution in [0.15, 0.2) is 24.4 Å². The zero-order valence-corrected chi connectivity index (χ0v) is 18.8. The Balaban J connectivity index is 1.81. The molecule has 31 heavy (non-hydrogen) atoms. The summed E-state index contributed by atoms with van der Waals surface area (Å²) in [6, 6.07) is 6.27. The molecule has 4 rings (SSSR count). The Labute approximate surface area is 182 Å². The third kappa shape index (κ3) is 3.94. The molecule has 0 radical (unpaired) electrons. The molecule has 8 nitrogen and oxygen atoms in total. The molecule has 1 amide bonds. The van der Waals surface area contributed by atoms with Gasteiger partial charge in [-0.05, 0) is 52.3 Å². The number of aromatic nitrogens is 4. The summed E-state index contributed by atoms with van der Waals surface area (Å²) in [5.74, 6) is 0.768. The highest BCUT2D eigenvalue weighted by Crippen LogP contribution is 2.34. The van der Waals surface area contributed by atoms with Crippen molar-refractivity contribution in [3.05, 3.63) is 30.1 Å². The van der Waals surface area contributed by atoms with Crippen LogP contribution in [0, 0.1) is 6.92 Å². The average molecular weight is 423 g/mol. The van der Waals surface area contributed by atoms with Crippen LogP contribution in [0.25, 0.3) is 22.3 Å². The lowest BCUT2D eigenvalue weighted by atomic mass is 10.1. The second-order valence-electron chi connectivity index (χ2n) is 8.24. The maximum absolute atomic E-state index is 11.9. The van der Waals surface area contributed by atoms with Crippen LogP contribution in [0.1, 0.15) is 45.3 Å². The average Bonchev–Trinajstić information content (AvgIpc) is 3.26. The fraction of sp³-hybridized carbons (Fsp3) is 0.478. The van der Waals surface area contributed by atoms with Crippen LogP contribution < -0.4 is 10.1 Å². The maximum atomic E-state index is 11.9. The smallest absolute Gasteiger partial charge is 0.222 e. The molecular formula is C23H30N6O2. The Morgan fingerprint density at radius 1 is 1.35 bits per heavy atom. The van der Waals surface area contributed by atoms with Gasteiger partial charge in [-0.3, -0.25) is 9.48 Å². The van der Waals surface area contributed by atoms with E-state index in [9.17, 15) is 4.79 Å². The first kappa shape index (κ1) is 21.1. The van der Waals surface area contributed by atoms with Crippen molar-refractivity contribution >= 4 is 22.6 Å². The highest BCUT2D eigenvalue weighted by molar-refractivity contribution is 5.93. The van der Waals surface area contributed by atoms with Gasteiger partial charge in [0.1, 0.15) is 11.0 Å². The predicted molar refractivity (Wildman–Crippen MR) is 121 cm³/mol. The van der Waals surface area contributed by atoms with E-state index in [0.29, 0.717) is 25.5 Å². The highest BCUT2D eigenvalue weighted by atomic mass is 16.5. The van der Waals surface area contributed by atoms with Gasteiger partial charge in [-0.1, -0.05) is 0 Å². The number of hydrogen-bond acceptors (Lipinski definition) is 6. The first-order valence-electron chi connectivity index (χ1n) is 10.9. The van der Waals surface area contributed by atoms with Gasteiger partial charge in [0.2, 0.25) is 11.8 Å². The topological polar surface area (TPSA) is 85.2 Å². The SMILES string of the molecule is CCOc1ncccc1-c1cc(NCC2CCC(=O)N2C)c2c(n1)c(C)nn2C(C)C. The fourth-order valence-electron chi connectivity index (χ4n) is 4.10. The van der Waals surface area contributed by atoms with Gasteiger partial charge in [0.15, 0.2) is 0 Å². The molecule has 1 N–H and O–H groups in total. The van der Waals surface area contributed by atoms with Gasteiger partial charge in [0.25, 0.3) is 0 Å². The van der Waals surface area contributed by atoms with Crippen LogP contribution in [0.5, 0.6) is 5.88 Å². The van der Waals surface area contributed by atoms with Crippen molar-refractivity contribution in [1.82, 2.24) is 24.6 Å². The lowest BCUT2D eigenvalue weighted by Crippen LogP contribution is -2.34. The Morgan fingerprint density at radius 3 is 2.84 bits per heavy atom. The number of ether oxygens (including phenoxy) is 1. The van der Waals surface area contributed by atoms with E-state index in [4.69, 9.17) is 14.8 Å². The number of aryl methyl sites for hydroxylation is 1. The zero-order valence-electron chi connectivity index (χ0n) is 18.8. The Bertz CT molecular complexity index is 1110. The monoisotopic (exact) mass is 422 g/mol. The van der Waals surface area contributed by atoms with Crippen molar-refractivity contribution in [1.29, 1.82) is 0 Å².